The van der Waals surface area contributed by atoms with Crippen molar-refractivity contribution in [1.29, 1.82) is 0 Å². The number of carbonyl (C=O) groups excluding carboxylic acids is 2. The first-order chi connectivity index (χ1) is 16.5. The lowest BCUT2D eigenvalue weighted by molar-refractivity contribution is -0.125. The largest absolute Gasteiger partial charge is 0.454 e. The van der Waals surface area contributed by atoms with Gasteiger partial charge in [0.2, 0.25) is 19.5 Å². The number of nitrogens with zero attached hydrogens (tertiary/aromatic N) is 1. The average molecular weight is 467 g/mol. The van der Waals surface area contributed by atoms with Crippen molar-refractivity contribution in [2.75, 3.05) is 26.7 Å². The summed E-state index contributed by atoms with van der Waals surface area (Å²) in [5, 5.41) is 0. The van der Waals surface area contributed by atoms with Gasteiger partial charge in [-0.25, -0.2) is 0 Å². The van der Waals surface area contributed by atoms with Crippen molar-refractivity contribution in [2.45, 2.75) is 39.5 Å². The first-order valence-electron chi connectivity index (χ1n) is 11.7. The first kappa shape index (κ1) is 23.5. The summed E-state index contributed by atoms with van der Waals surface area (Å²) in [4.78, 5) is 28.7. The summed E-state index contributed by atoms with van der Waals surface area (Å²) in [6, 6.07) is 10.3. The summed E-state index contributed by atoms with van der Waals surface area (Å²) in [6.45, 7) is 5.56. The summed E-state index contributed by atoms with van der Waals surface area (Å²) in [5.41, 5.74) is 7.30. The van der Waals surface area contributed by atoms with Crippen LogP contribution in [0.4, 0.5) is 0 Å². The summed E-state index contributed by atoms with van der Waals surface area (Å²) in [7, 11) is 0. The molecule has 0 fully saturated rings. The summed E-state index contributed by atoms with van der Waals surface area (Å²) in [6.07, 6.45) is 3.62. The van der Waals surface area contributed by atoms with Crippen LogP contribution in [-0.4, -0.2) is 43.4 Å². The van der Waals surface area contributed by atoms with Crippen LogP contribution in [0.1, 0.15) is 50.7 Å². The van der Waals surface area contributed by atoms with Crippen molar-refractivity contribution in [3.05, 3.63) is 47.5 Å². The van der Waals surface area contributed by atoms with E-state index in [9.17, 15) is 9.59 Å². The number of ether oxygens (including phenoxy) is 4. The fourth-order valence-electron chi connectivity index (χ4n) is 4.06. The molecule has 0 atom stereocenters. The van der Waals surface area contributed by atoms with Gasteiger partial charge in [-0.05, 0) is 48.2 Å². The van der Waals surface area contributed by atoms with E-state index in [1.807, 2.05) is 4.90 Å². The van der Waals surface area contributed by atoms with E-state index in [0.29, 0.717) is 47.2 Å². The third-order valence-corrected chi connectivity index (χ3v) is 5.88. The second kappa shape index (κ2) is 10.5. The number of benzene rings is 2. The fourth-order valence-corrected chi connectivity index (χ4v) is 4.06. The van der Waals surface area contributed by atoms with Crippen LogP contribution in [0.2, 0.25) is 0 Å². The number of fused-ring (bicyclic) bond motifs is 2. The second-order valence-electron chi connectivity index (χ2n) is 8.25. The minimum atomic E-state index is -0.703. The number of primary amides is 1. The van der Waals surface area contributed by atoms with Gasteiger partial charge in [-0.3, -0.25) is 9.59 Å². The van der Waals surface area contributed by atoms with E-state index in [-0.39, 0.29) is 30.6 Å². The first-order valence-corrected chi connectivity index (χ1v) is 11.7. The van der Waals surface area contributed by atoms with E-state index in [0.717, 1.165) is 25.7 Å². The van der Waals surface area contributed by atoms with Crippen LogP contribution in [0.15, 0.2) is 36.4 Å². The number of rotatable bonds is 10. The van der Waals surface area contributed by atoms with Gasteiger partial charge < -0.3 is 29.6 Å². The molecule has 8 nitrogen and oxygen atoms in total. The Hall–Kier alpha value is -3.68. The van der Waals surface area contributed by atoms with Gasteiger partial charge in [0.15, 0.2) is 23.0 Å². The van der Waals surface area contributed by atoms with Gasteiger partial charge in [0.25, 0.3) is 5.91 Å². The number of carbonyl (C=O) groups is 2. The summed E-state index contributed by atoms with van der Waals surface area (Å²) >= 11 is 0. The Kier molecular flexibility index (Phi) is 7.25. The highest BCUT2D eigenvalue weighted by atomic mass is 16.7. The van der Waals surface area contributed by atoms with Crippen molar-refractivity contribution in [3.8, 4) is 23.0 Å². The van der Waals surface area contributed by atoms with Crippen LogP contribution in [0.3, 0.4) is 0 Å². The second-order valence-corrected chi connectivity index (χ2v) is 8.25. The molecule has 0 saturated carbocycles. The normalized spacial score (nSPS) is 14.1. The Morgan fingerprint density at radius 3 is 1.71 bits per heavy atom. The molecular formula is C26H30N2O6. The Bertz CT molecular complexity index is 1100. The molecule has 0 bridgehead atoms. The molecule has 2 aromatic carbocycles. The smallest absolute Gasteiger partial charge is 0.255 e. The molecule has 0 aromatic heterocycles. The van der Waals surface area contributed by atoms with E-state index in [2.05, 4.69) is 13.8 Å². The molecule has 2 amide bonds. The third kappa shape index (κ3) is 4.81. The highest BCUT2D eigenvalue weighted by Gasteiger charge is 2.29. The Balaban J connectivity index is 1.88. The van der Waals surface area contributed by atoms with E-state index in [1.165, 1.54) is 0 Å². The molecule has 0 saturated heterocycles. The lowest BCUT2D eigenvalue weighted by atomic mass is 9.92. The summed E-state index contributed by atoms with van der Waals surface area (Å²) < 4.78 is 21.9. The maximum absolute atomic E-state index is 14.0. The highest BCUT2D eigenvalue weighted by molar-refractivity contribution is 6.39. The van der Waals surface area contributed by atoms with Crippen LogP contribution >= 0.6 is 0 Å². The van der Waals surface area contributed by atoms with Crippen molar-refractivity contribution in [1.82, 2.24) is 4.90 Å². The highest BCUT2D eigenvalue weighted by Crippen LogP contribution is 2.39. The van der Waals surface area contributed by atoms with Gasteiger partial charge in [0.1, 0.15) is 0 Å². The van der Waals surface area contributed by atoms with Gasteiger partial charge in [0.05, 0.1) is 11.1 Å². The molecule has 2 heterocycles. The third-order valence-electron chi connectivity index (χ3n) is 5.88. The zero-order valence-corrected chi connectivity index (χ0v) is 19.6. The van der Waals surface area contributed by atoms with Crippen molar-refractivity contribution in [2.24, 2.45) is 5.73 Å². The molecular weight excluding hydrogens is 436 g/mol. The number of hydrogen-bond acceptors (Lipinski definition) is 6. The van der Waals surface area contributed by atoms with Crippen molar-refractivity contribution >= 4 is 23.0 Å². The van der Waals surface area contributed by atoms with Crippen LogP contribution in [0, 0.1) is 0 Å². The van der Waals surface area contributed by atoms with Crippen LogP contribution < -0.4 is 24.7 Å². The van der Waals surface area contributed by atoms with Crippen LogP contribution in [-0.2, 0) is 9.59 Å². The number of nitrogens with two attached hydrogens (primary N) is 1. The summed E-state index contributed by atoms with van der Waals surface area (Å²) in [5.74, 6) is 1.25. The standard InChI is InChI=1S/C26H30N2O6/c1-3-5-11-28(12-6-4-2)26(30)24(18-8-10-20-22(14-18)34-16-32-20)23(25(27)29)17-7-9-19-21(13-17)33-15-31-19/h7-10,13-14H,3-6,11-12,15-16H2,1-2H3,(H2,27,29). The zero-order valence-electron chi connectivity index (χ0n) is 19.6. The SMILES string of the molecule is CCCCN(CCCC)C(=O)C(=C(C(N)=O)c1ccc2c(c1)OCO2)c1ccc2c(c1)OCO2. The number of hydrogen-bond donors (Lipinski definition) is 1. The van der Waals surface area contributed by atoms with Crippen molar-refractivity contribution in [3.63, 3.8) is 0 Å². The van der Waals surface area contributed by atoms with Crippen LogP contribution in [0.25, 0.3) is 11.1 Å². The number of unbranched alkanes of at least 4 members (excludes halogenated alkanes) is 2. The Morgan fingerprint density at radius 2 is 1.24 bits per heavy atom. The van der Waals surface area contributed by atoms with Gasteiger partial charge in [0, 0.05) is 13.1 Å². The molecule has 0 radical (unpaired) electrons. The molecule has 2 aliphatic heterocycles. The van der Waals surface area contributed by atoms with Gasteiger partial charge >= 0.3 is 0 Å². The predicted molar refractivity (Wildman–Crippen MR) is 128 cm³/mol. The lowest BCUT2D eigenvalue weighted by Gasteiger charge is -2.25. The molecule has 0 unspecified atom stereocenters. The van der Waals surface area contributed by atoms with Gasteiger partial charge in [-0.2, -0.15) is 0 Å². The molecule has 0 spiro atoms. The van der Waals surface area contributed by atoms with E-state index in [1.54, 1.807) is 36.4 Å². The molecule has 34 heavy (non-hydrogen) atoms. The molecule has 4 rings (SSSR count). The predicted octanol–water partition coefficient (Wildman–Crippen LogP) is 3.97. The fraction of sp³-hybridized carbons (Fsp3) is 0.385. The van der Waals surface area contributed by atoms with Gasteiger partial charge in [-0.15, -0.1) is 0 Å². The topological polar surface area (TPSA) is 100 Å². The molecule has 2 N–H and O–H groups in total. The van der Waals surface area contributed by atoms with Crippen molar-refractivity contribution < 1.29 is 28.5 Å². The quantitative estimate of drug-likeness (QED) is 0.420. The average Bonchev–Trinajstić information content (AvgIpc) is 3.50. The lowest BCUT2D eigenvalue weighted by Crippen LogP contribution is -2.35. The maximum atomic E-state index is 14.0. The molecule has 180 valence electrons. The van der Waals surface area contributed by atoms with Crippen LogP contribution in [0.5, 0.6) is 23.0 Å². The minimum Gasteiger partial charge on any atom is -0.454 e. The van der Waals surface area contributed by atoms with E-state index >= 15 is 0 Å². The molecule has 2 aromatic rings. The van der Waals surface area contributed by atoms with E-state index < -0.39 is 5.91 Å². The molecule has 8 heteroatoms. The zero-order chi connectivity index (χ0) is 24.1. The molecule has 2 aliphatic rings. The Morgan fingerprint density at radius 1 is 0.765 bits per heavy atom. The van der Waals surface area contributed by atoms with E-state index in [4.69, 9.17) is 24.7 Å². The maximum Gasteiger partial charge on any atom is 0.255 e. The number of amides is 2. The monoisotopic (exact) mass is 466 g/mol. The molecule has 0 aliphatic carbocycles. The minimum absolute atomic E-state index is 0.101. The van der Waals surface area contributed by atoms with Gasteiger partial charge in [-0.1, -0.05) is 38.8 Å². The Labute approximate surface area is 199 Å².